The highest BCUT2D eigenvalue weighted by atomic mass is 16.5. The zero-order valence-corrected chi connectivity index (χ0v) is 18.0. The van der Waals surface area contributed by atoms with Crippen molar-refractivity contribution in [2.75, 3.05) is 12.4 Å². The summed E-state index contributed by atoms with van der Waals surface area (Å²) in [6, 6.07) is 21.6. The molecule has 0 bridgehead atoms. The first-order chi connectivity index (χ1) is 15.4. The number of esters is 1. The summed E-state index contributed by atoms with van der Waals surface area (Å²) in [7, 11) is 1.33. The third-order valence-corrected chi connectivity index (χ3v) is 5.05. The maximum absolute atomic E-state index is 13.2. The monoisotopic (exact) mass is 426 g/mol. The van der Waals surface area contributed by atoms with Gasteiger partial charge < -0.3 is 14.5 Å². The van der Waals surface area contributed by atoms with Gasteiger partial charge in [0.1, 0.15) is 11.1 Å². The van der Waals surface area contributed by atoms with Gasteiger partial charge >= 0.3 is 5.97 Å². The van der Waals surface area contributed by atoms with Gasteiger partial charge in [0.2, 0.25) is 5.55 Å². The Bertz CT molecular complexity index is 1390. The lowest BCUT2D eigenvalue weighted by Crippen LogP contribution is -2.22. The van der Waals surface area contributed by atoms with Gasteiger partial charge in [0.25, 0.3) is 5.91 Å². The molecule has 4 rings (SSSR count). The quantitative estimate of drug-likeness (QED) is 0.448. The highest BCUT2D eigenvalue weighted by Crippen LogP contribution is 2.19. The largest absolute Gasteiger partial charge is 0.465 e. The molecule has 160 valence electrons. The number of methoxy groups -OCH3 is 1. The van der Waals surface area contributed by atoms with Gasteiger partial charge in [-0.3, -0.25) is 4.79 Å². The molecule has 6 heteroatoms. The van der Waals surface area contributed by atoms with E-state index in [-0.39, 0.29) is 11.5 Å². The Labute approximate surface area is 185 Å². The minimum Gasteiger partial charge on any atom is -0.465 e. The summed E-state index contributed by atoms with van der Waals surface area (Å²) >= 11 is 0. The van der Waals surface area contributed by atoms with Crippen LogP contribution in [0.5, 0.6) is 0 Å². The molecule has 3 aromatic carbocycles. The van der Waals surface area contributed by atoms with E-state index in [4.69, 9.17) is 9.15 Å². The van der Waals surface area contributed by atoms with E-state index in [1.165, 1.54) is 7.11 Å². The molecule has 0 radical (unpaired) electrons. The number of para-hydroxylation sites is 1. The van der Waals surface area contributed by atoms with Crippen LogP contribution in [0.1, 0.15) is 31.8 Å². The van der Waals surface area contributed by atoms with Crippen LogP contribution in [0.25, 0.3) is 11.0 Å². The molecule has 0 aliphatic carbocycles. The van der Waals surface area contributed by atoms with Crippen molar-refractivity contribution in [3.63, 3.8) is 0 Å². The van der Waals surface area contributed by atoms with Crippen LogP contribution in [0.15, 0.2) is 82.2 Å². The van der Waals surface area contributed by atoms with Crippen LogP contribution in [-0.4, -0.2) is 19.0 Å². The van der Waals surface area contributed by atoms with Crippen molar-refractivity contribution in [1.29, 1.82) is 0 Å². The Kier molecular flexibility index (Phi) is 5.85. The lowest BCUT2D eigenvalue weighted by molar-refractivity contribution is 0.0600. The number of benzene rings is 3. The van der Waals surface area contributed by atoms with Crippen LogP contribution in [0.2, 0.25) is 0 Å². The number of ether oxygens (including phenoxy) is 1. The first kappa shape index (κ1) is 21.1. The zero-order valence-electron chi connectivity index (χ0n) is 18.0. The SMILES string of the molecule is COC(=O)c1ccc(N=c2oc3ccccc3cc2C(=O)Nc2ccc(C)cc2C)cc1. The van der Waals surface area contributed by atoms with Crippen molar-refractivity contribution in [1.82, 2.24) is 0 Å². The number of hydrogen-bond donors (Lipinski definition) is 1. The van der Waals surface area contributed by atoms with Crippen molar-refractivity contribution in [2.24, 2.45) is 4.99 Å². The molecule has 1 amide bonds. The molecule has 1 aromatic heterocycles. The van der Waals surface area contributed by atoms with Gasteiger partial charge in [0.05, 0.1) is 18.4 Å². The summed E-state index contributed by atoms with van der Waals surface area (Å²) in [5.41, 5.74) is 4.85. The van der Waals surface area contributed by atoms with Gasteiger partial charge in [-0.2, -0.15) is 0 Å². The number of nitrogens with one attached hydrogen (secondary N) is 1. The first-order valence-corrected chi connectivity index (χ1v) is 10.1. The van der Waals surface area contributed by atoms with E-state index in [1.807, 2.05) is 56.3 Å². The highest BCUT2D eigenvalue weighted by molar-refractivity contribution is 6.05. The smallest absolute Gasteiger partial charge is 0.337 e. The average molecular weight is 426 g/mol. The third-order valence-electron chi connectivity index (χ3n) is 5.05. The van der Waals surface area contributed by atoms with Crippen molar-refractivity contribution in [3.05, 3.63) is 101 Å². The van der Waals surface area contributed by atoms with Crippen LogP contribution in [-0.2, 0) is 4.74 Å². The number of anilines is 1. The van der Waals surface area contributed by atoms with Gasteiger partial charge in [0.15, 0.2) is 0 Å². The Hall–Kier alpha value is -4.19. The van der Waals surface area contributed by atoms with E-state index >= 15 is 0 Å². The lowest BCUT2D eigenvalue weighted by atomic mass is 10.1. The standard InChI is InChI=1S/C26H22N2O4/c1-16-8-13-22(17(2)14-16)28-24(29)21-15-19-6-4-5-7-23(19)32-25(21)27-20-11-9-18(10-12-20)26(30)31-3/h4-15H,1-3H3,(H,28,29). The van der Waals surface area contributed by atoms with Crippen molar-refractivity contribution in [3.8, 4) is 0 Å². The number of rotatable bonds is 4. The van der Waals surface area contributed by atoms with E-state index in [0.717, 1.165) is 22.2 Å². The topological polar surface area (TPSA) is 80.9 Å². The summed E-state index contributed by atoms with van der Waals surface area (Å²) in [5.74, 6) is -0.753. The fourth-order valence-corrected chi connectivity index (χ4v) is 3.37. The van der Waals surface area contributed by atoms with Gasteiger partial charge in [-0.15, -0.1) is 0 Å². The minimum atomic E-state index is -0.430. The van der Waals surface area contributed by atoms with E-state index in [0.29, 0.717) is 22.4 Å². The summed E-state index contributed by atoms with van der Waals surface area (Å²) in [6.07, 6.45) is 0. The van der Waals surface area contributed by atoms with Crippen LogP contribution < -0.4 is 10.9 Å². The molecule has 0 unspecified atom stereocenters. The Morgan fingerprint density at radius 2 is 1.69 bits per heavy atom. The summed E-state index contributed by atoms with van der Waals surface area (Å²) in [4.78, 5) is 29.4. The number of amides is 1. The number of carbonyl (C=O) groups excluding carboxylic acids is 2. The first-order valence-electron chi connectivity index (χ1n) is 10.1. The zero-order chi connectivity index (χ0) is 22.7. The second-order valence-corrected chi connectivity index (χ2v) is 7.43. The molecule has 0 fully saturated rings. The van der Waals surface area contributed by atoms with Crippen molar-refractivity contribution in [2.45, 2.75) is 13.8 Å². The molecule has 4 aromatic rings. The normalized spacial score (nSPS) is 11.4. The highest BCUT2D eigenvalue weighted by Gasteiger charge is 2.14. The van der Waals surface area contributed by atoms with E-state index in [9.17, 15) is 9.59 Å². The summed E-state index contributed by atoms with van der Waals surface area (Å²) in [6.45, 7) is 3.95. The number of aryl methyl sites for hydroxylation is 2. The summed E-state index contributed by atoms with van der Waals surface area (Å²) in [5, 5.41) is 3.75. The van der Waals surface area contributed by atoms with Gasteiger partial charge in [0, 0.05) is 11.1 Å². The molecule has 1 heterocycles. The maximum atomic E-state index is 13.2. The molecular formula is C26H22N2O4. The number of nitrogens with zero attached hydrogens (tertiary/aromatic N) is 1. The average Bonchev–Trinajstić information content (AvgIpc) is 2.80. The fourth-order valence-electron chi connectivity index (χ4n) is 3.37. The van der Waals surface area contributed by atoms with Crippen LogP contribution in [0, 0.1) is 13.8 Å². The fraction of sp³-hybridized carbons (Fsp3) is 0.115. The molecule has 0 saturated heterocycles. The van der Waals surface area contributed by atoms with Crippen molar-refractivity contribution >= 4 is 34.2 Å². The molecule has 1 N–H and O–H groups in total. The molecule has 6 nitrogen and oxygen atoms in total. The van der Waals surface area contributed by atoms with Gasteiger partial charge in [-0.25, -0.2) is 9.79 Å². The molecule has 32 heavy (non-hydrogen) atoms. The summed E-state index contributed by atoms with van der Waals surface area (Å²) < 4.78 is 10.7. The van der Waals surface area contributed by atoms with Crippen LogP contribution in [0.3, 0.4) is 0 Å². The molecule has 0 aliphatic rings. The molecule has 0 aliphatic heterocycles. The Morgan fingerprint density at radius 1 is 0.938 bits per heavy atom. The number of carbonyl (C=O) groups is 2. The van der Waals surface area contributed by atoms with Gasteiger partial charge in [-0.1, -0.05) is 35.9 Å². The minimum absolute atomic E-state index is 0.178. The predicted molar refractivity (Wildman–Crippen MR) is 123 cm³/mol. The van der Waals surface area contributed by atoms with Crippen molar-refractivity contribution < 1.29 is 18.7 Å². The molecule has 0 spiro atoms. The second-order valence-electron chi connectivity index (χ2n) is 7.43. The molecule has 0 atom stereocenters. The van der Waals surface area contributed by atoms with E-state index in [1.54, 1.807) is 30.3 Å². The number of fused-ring (bicyclic) bond motifs is 1. The Morgan fingerprint density at radius 3 is 2.41 bits per heavy atom. The molecular weight excluding hydrogens is 404 g/mol. The number of hydrogen-bond acceptors (Lipinski definition) is 5. The second kappa shape index (κ2) is 8.89. The van der Waals surface area contributed by atoms with Gasteiger partial charge in [-0.05, 0) is 61.9 Å². The maximum Gasteiger partial charge on any atom is 0.337 e. The predicted octanol–water partition coefficient (Wildman–Crippen LogP) is 5.32. The van der Waals surface area contributed by atoms with Crippen LogP contribution in [0.4, 0.5) is 11.4 Å². The lowest BCUT2D eigenvalue weighted by Gasteiger charge is -2.10. The third kappa shape index (κ3) is 4.44. The Balaban J connectivity index is 1.79. The van der Waals surface area contributed by atoms with Crippen LogP contribution >= 0.6 is 0 Å². The van der Waals surface area contributed by atoms with E-state index in [2.05, 4.69) is 10.3 Å². The van der Waals surface area contributed by atoms with E-state index < -0.39 is 5.97 Å². The molecule has 0 saturated carbocycles.